The van der Waals surface area contributed by atoms with Gasteiger partial charge in [0.15, 0.2) is 0 Å². The van der Waals surface area contributed by atoms with Gasteiger partial charge in [-0.25, -0.2) is 0 Å². The zero-order chi connectivity index (χ0) is 99.4. The van der Waals surface area contributed by atoms with Crippen LogP contribution in [0.15, 0.2) is 85.2 Å². The number of nitrogens with zero attached hydrogens (tertiary/aromatic N) is 6. The number of benzene rings is 3. The molecule has 3 fully saturated rings. The number of aliphatic hydroxyl groups excluding tert-OH is 1. The number of aliphatic carboxylic acids is 4. The van der Waals surface area contributed by atoms with E-state index in [4.69, 9.17) is 17.2 Å². The van der Waals surface area contributed by atoms with Gasteiger partial charge in [0.2, 0.25) is 94.5 Å². The van der Waals surface area contributed by atoms with Crippen molar-refractivity contribution in [3.63, 3.8) is 0 Å². The number of aliphatic hydroxyl groups is 1. The lowest BCUT2D eigenvalue weighted by molar-refractivity contribution is -0.149. The Hall–Kier alpha value is -13.8. The van der Waals surface area contributed by atoms with Crippen molar-refractivity contribution in [1.29, 1.82) is 0 Å². The van der Waals surface area contributed by atoms with E-state index in [2.05, 4.69) is 58.2 Å². The highest BCUT2D eigenvalue weighted by molar-refractivity contribution is 8.00. The number of nitrogens with two attached hydrogens (primary N) is 3. The Balaban J connectivity index is 1.21. The molecule has 0 saturated carbocycles. The van der Waals surface area contributed by atoms with Crippen LogP contribution >= 0.6 is 11.8 Å². The van der Waals surface area contributed by atoms with Crippen molar-refractivity contribution in [3.8, 4) is 5.75 Å². The number of hydrogen-bond acceptors (Lipinski definition) is 25. The number of primary amides is 1. The first-order valence-corrected chi connectivity index (χ1v) is 45.4. The number of carboxylic acids is 4. The summed E-state index contributed by atoms with van der Waals surface area (Å²) < 4.78 is 1.39. The third-order valence-corrected chi connectivity index (χ3v) is 24.7. The van der Waals surface area contributed by atoms with E-state index < -0.39 is 285 Å². The Kier molecular flexibility index (Phi) is 39.7. The number of aromatic amines is 1. The Morgan fingerprint density at radius 1 is 0.519 bits per heavy atom. The summed E-state index contributed by atoms with van der Waals surface area (Å²) in [5.74, 6) is -24.8. The van der Waals surface area contributed by atoms with Crippen molar-refractivity contribution in [3.05, 3.63) is 102 Å². The average Bonchev–Trinajstić information content (AvgIpc) is 1.55. The lowest BCUT2D eigenvalue weighted by Crippen LogP contribution is -2.61. The number of H-pyrrole nitrogens is 1. The molecule has 3 aliphatic heterocycles. The highest BCUT2D eigenvalue weighted by Crippen LogP contribution is 2.29. The molecule has 16 amide bonds. The van der Waals surface area contributed by atoms with E-state index in [-0.39, 0.29) is 76.6 Å². The second-order valence-electron chi connectivity index (χ2n) is 33.5. The van der Waals surface area contributed by atoms with Crippen LogP contribution in [0.1, 0.15) is 127 Å². The molecule has 5 heterocycles. The number of phenolic OH excluding ortho intramolecular Hbond substituents is 1. The number of likely N-dealkylation sites (N-methyl/N-ethyl adjacent to an activating group) is 3. The first kappa shape index (κ1) is 107. The van der Waals surface area contributed by atoms with Gasteiger partial charge in [-0.3, -0.25) is 95.9 Å². The monoisotopic (exact) mass is 1900 g/mol. The van der Waals surface area contributed by atoms with E-state index in [1.165, 1.54) is 56.0 Å². The van der Waals surface area contributed by atoms with E-state index in [0.29, 0.717) is 63.1 Å². The molecule has 8 rings (SSSR count). The maximum absolute atomic E-state index is 15.9. The number of hydrogen-bond donors (Lipinski definition) is 20. The number of aromatic nitrogens is 2. The number of phenols is 1. The van der Waals surface area contributed by atoms with Gasteiger partial charge in [0, 0.05) is 113 Å². The number of carboxylic acid groups (broad SMARTS) is 4. The summed E-state index contributed by atoms with van der Waals surface area (Å²) in [6.45, 7) is 1.38. The molecular weight excluding hydrogens is 1790 g/mol. The fourth-order valence-electron chi connectivity index (χ4n) is 16.3. The fraction of sp³-hybridized carbons (Fsp3) is 0.523. The van der Waals surface area contributed by atoms with E-state index in [1.807, 2.05) is 0 Å². The van der Waals surface area contributed by atoms with Crippen LogP contribution in [0.2, 0.25) is 0 Å². The highest BCUT2D eigenvalue weighted by Gasteiger charge is 2.47. The van der Waals surface area contributed by atoms with Crippen LogP contribution in [0.5, 0.6) is 5.75 Å². The van der Waals surface area contributed by atoms with Crippen molar-refractivity contribution < 1.29 is 127 Å². The summed E-state index contributed by atoms with van der Waals surface area (Å²) in [5.41, 5.74) is 19.7. The Labute approximate surface area is 779 Å². The third kappa shape index (κ3) is 29.6. The van der Waals surface area contributed by atoms with Crippen LogP contribution in [0, 0.1) is 0 Å². The summed E-state index contributed by atoms with van der Waals surface area (Å²) in [6, 6.07) is -5.56. The molecule has 0 radical (unpaired) electrons. The van der Waals surface area contributed by atoms with Crippen molar-refractivity contribution in [1.82, 2.24) is 87.2 Å². The van der Waals surface area contributed by atoms with Crippen molar-refractivity contribution in [2.75, 3.05) is 65.4 Å². The van der Waals surface area contributed by atoms with Gasteiger partial charge in [0.25, 0.3) is 0 Å². The molecule has 734 valence electrons. The standard InChI is InChI=1S/C88H120N20O26S/c1-7-9-19-65-81(127)98-58(36-72(115)116)79(125)102-63(76(122)93-40-69(91)111)44-135-45-70(112)94-59(32-47-23-25-50(109)26-24-47)84(130)103(4)46(3)75(121)99-61(37-73(117)118)87(133)107-31-15-22-66(107)82(128)101-62(38-90)80(126)96-56(27-28-71(113)114)86(132)108-42-51(110)35-68(108)83(129)97-57(33-48-39-92-54-18-13-11-16-52(48)54)78(124)95-55(29-30-89)77(123)100-60(85(131)105(6)67(20-10-8-2)88(134)104(65)5)34-49-41-106(43-74(119)120)64-21-14-12-17-53(49)64/h11-14,16-18,21,23-26,39,41,46,51,55-63,65-68,92,109-110H,7-10,15,19-20,22,27-38,40,42-45,89-90H2,1-6H3,(H2,91,111)(H,93,122)(H,94,112)(H,95,124)(H,96,126)(H,97,129)(H,98,127)(H,99,121)(H,100,123)(H,101,128)(H,102,125)(H,113,114)(H,115,116)(H,117,118)(H,119,120)/t46-,51+,55-,56-,57-,58-,59-,60-,61+,62-,63-,65-,66-,67-,68-/m0/s1. The third-order valence-electron chi connectivity index (χ3n) is 23.7. The van der Waals surface area contributed by atoms with Gasteiger partial charge >= 0.3 is 23.9 Å². The quantitative estimate of drug-likeness (QED) is 0.0236. The maximum Gasteiger partial charge on any atom is 0.323 e. The van der Waals surface area contributed by atoms with Crippen LogP contribution in [0.4, 0.5) is 0 Å². The first-order chi connectivity index (χ1) is 64.1. The van der Waals surface area contributed by atoms with Crippen LogP contribution in [-0.4, -0.2) is 339 Å². The molecule has 5 aromatic rings. The normalized spacial score (nSPS) is 24.7. The number of fused-ring (bicyclic) bond motifs is 4. The van der Waals surface area contributed by atoms with E-state index in [1.54, 1.807) is 68.6 Å². The molecule has 0 aliphatic carbocycles. The van der Waals surface area contributed by atoms with Gasteiger partial charge in [-0.2, -0.15) is 0 Å². The van der Waals surface area contributed by atoms with Gasteiger partial charge in [-0.15, -0.1) is 11.8 Å². The Morgan fingerprint density at radius 2 is 1.07 bits per heavy atom. The molecule has 23 N–H and O–H groups in total. The summed E-state index contributed by atoms with van der Waals surface area (Å²) >= 11 is 0.643. The van der Waals surface area contributed by atoms with Crippen molar-refractivity contribution in [2.24, 2.45) is 17.2 Å². The predicted octanol–water partition coefficient (Wildman–Crippen LogP) is -4.39. The zero-order valence-electron chi connectivity index (χ0n) is 75.6. The van der Waals surface area contributed by atoms with Crippen LogP contribution in [0.25, 0.3) is 21.8 Å². The minimum atomic E-state index is -2.07. The maximum atomic E-state index is 15.9. The van der Waals surface area contributed by atoms with Gasteiger partial charge < -0.3 is 135 Å². The summed E-state index contributed by atoms with van der Waals surface area (Å²) in [6.07, 6.45) is -3.48. The molecule has 47 heteroatoms. The van der Waals surface area contributed by atoms with E-state index in [9.17, 15) is 93.0 Å². The van der Waals surface area contributed by atoms with E-state index >= 15 is 33.6 Å². The molecule has 0 bridgehead atoms. The molecule has 0 spiro atoms. The van der Waals surface area contributed by atoms with Gasteiger partial charge in [-0.05, 0) is 92.9 Å². The molecular formula is C88H120N20O26S. The van der Waals surface area contributed by atoms with E-state index in [0.717, 1.165) is 31.5 Å². The summed E-state index contributed by atoms with van der Waals surface area (Å²) in [5, 5.41) is 87.8. The number of amides is 16. The lowest BCUT2D eigenvalue weighted by Gasteiger charge is -2.36. The van der Waals surface area contributed by atoms with Crippen molar-refractivity contribution >= 4 is 152 Å². The van der Waals surface area contributed by atoms with Gasteiger partial charge in [-0.1, -0.05) is 88.1 Å². The number of nitrogens with one attached hydrogen (secondary N) is 11. The minimum absolute atomic E-state index is 0.0828. The number of carbonyl (C=O) groups is 20. The fourth-order valence-corrected chi connectivity index (χ4v) is 17.1. The van der Waals surface area contributed by atoms with Crippen LogP contribution < -0.4 is 70.4 Å². The SMILES string of the molecule is CCCC[C@H]1C(=O)N(C)[C@@H](CCCC)C(=O)N[C@@H](CC(=O)O)C(=O)N[C@H](C(=O)NCC(N)=O)CSCC(=O)N[C@@H](Cc2ccc(O)cc2)C(=O)N(C)[C@@H](C)C(=O)N[C@H](CC(=O)O)C(=O)N2CCC[C@H]2C(=O)N[C@@H](CN)C(=O)N[C@@H](CCC(=O)O)C(=O)N2C[C@H](O)C[C@H]2C(=O)N[C@@H](Cc2c[nH]c3ccccc23)C(=O)N[C@@H](CCN)C(=O)N[C@@H](Cc2cn(CC(=O)O)c3ccccc23)C(=O)N1C. The largest absolute Gasteiger partial charge is 0.508 e. The number of aromatic hydroxyl groups is 1. The molecule has 135 heavy (non-hydrogen) atoms. The Bertz CT molecular complexity index is 5190. The highest BCUT2D eigenvalue weighted by atomic mass is 32.2. The zero-order valence-corrected chi connectivity index (χ0v) is 76.4. The summed E-state index contributed by atoms with van der Waals surface area (Å²) in [7, 11) is 3.60. The lowest BCUT2D eigenvalue weighted by atomic mass is 9.99. The number of unbranched alkanes of at least 4 members (excludes halogenated alkanes) is 2. The molecule has 46 nitrogen and oxygen atoms in total. The minimum Gasteiger partial charge on any atom is -0.508 e. The topological polar surface area (TPSA) is 698 Å². The first-order valence-electron chi connectivity index (χ1n) is 44.2. The summed E-state index contributed by atoms with van der Waals surface area (Å²) in [4.78, 5) is 293. The average molecular weight is 1910 g/mol. The second kappa shape index (κ2) is 50.3. The number of thioether (sulfide) groups is 1. The second-order valence-corrected chi connectivity index (χ2v) is 34.5. The van der Waals surface area contributed by atoms with Crippen LogP contribution in [0.3, 0.4) is 0 Å². The molecule has 2 aromatic heterocycles. The Morgan fingerprint density at radius 3 is 1.71 bits per heavy atom. The smallest absolute Gasteiger partial charge is 0.323 e. The van der Waals surface area contributed by atoms with Gasteiger partial charge in [0.1, 0.15) is 96.9 Å². The molecule has 15 atom stereocenters. The predicted molar refractivity (Wildman–Crippen MR) is 483 cm³/mol. The number of rotatable bonds is 27. The van der Waals surface area contributed by atoms with Gasteiger partial charge in [0.05, 0.1) is 31.2 Å². The number of para-hydroxylation sites is 2. The van der Waals surface area contributed by atoms with Crippen molar-refractivity contribution in [2.45, 2.75) is 227 Å². The molecule has 3 aliphatic rings. The molecule has 3 aromatic carbocycles. The number of carbonyl (C=O) groups excluding carboxylic acids is 16. The van der Waals surface area contributed by atoms with Crippen LogP contribution in [-0.2, 0) is 122 Å². The molecule has 0 unspecified atom stereocenters. The molecule has 3 saturated heterocycles.